The number of anilines is 1. The van der Waals surface area contributed by atoms with E-state index in [4.69, 9.17) is 23.2 Å². The number of carbonyl (C=O) groups excluding carboxylic acids is 1. The Morgan fingerprint density at radius 2 is 1.84 bits per heavy atom. The first kappa shape index (κ1) is 17.7. The molecule has 0 aliphatic heterocycles. The van der Waals surface area contributed by atoms with Crippen LogP contribution in [0.25, 0.3) is 17.3 Å². The van der Waals surface area contributed by atoms with Crippen molar-refractivity contribution >= 4 is 51.7 Å². The normalized spacial score (nSPS) is 11.0. The third kappa shape index (κ3) is 4.69. The van der Waals surface area contributed by atoms with Crippen LogP contribution in [0.15, 0.2) is 54.6 Å². The van der Waals surface area contributed by atoms with E-state index in [1.54, 1.807) is 18.2 Å². The summed E-state index contributed by atoms with van der Waals surface area (Å²) in [5.74, 6) is -0.244. The summed E-state index contributed by atoms with van der Waals surface area (Å²) in [6.07, 6.45) is 3.17. The van der Waals surface area contributed by atoms with E-state index < -0.39 is 0 Å². The molecule has 3 rings (SSSR count). The van der Waals surface area contributed by atoms with Gasteiger partial charge in [0.2, 0.25) is 5.91 Å². The fourth-order valence-corrected chi connectivity index (χ4v) is 3.51. The zero-order valence-corrected chi connectivity index (χ0v) is 15.6. The molecule has 1 heterocycles. The Balaban J connectivity index is 1.73. The molecule has 6 heteroatoms. The van der Waals surface area contributed by atoms with Crippen LogP contribution in [0.3, 0.4) is 0 Å². The smallest absolute Gasteiger partial charge is 0.250 e. The number of amides is 1. The molecule has 0 spiro atoms. The fourth-order valence-electron chi connectivity index (χ4n) is 2.28. The molecule has 126 valence electrons. The van der Waals surface area contributed by atoms with Crippen molar-refractivity contribution < 1.29 is 4.79 Å². The van der Waals surface area contributed by atoms with E-state index in [9.17, 15) is 4.79 Å². The highest BCUT2D eigenvalue weighted by molar-refractivity contribution is 7.16. The molecule has 0 bridgehead atoms. The summed E-state index contributed by atoms with van der Waals surface area (Å²) >= 11 is 13.4. The number of carbonyl (C=O) groups is 1. The van der Waals surface area contributed by atoms with Gasteiger partial charge in [0, 0.05) is 26.6 Å². The average Bonchev–Trinajstić information content (AvgIpc) is 2.93. The molecule has 0 aliphatic carbocycles. The van der Waals surface area contributed by atoms with Crippen molar-refractivity contribution in [3.63, 3.8) is 0 Å². The number of thiazole rings is 1. The van der Waals surface area contributed by atoms with E-state index >= 15 is 0 Å². The van der Waals surface area contributed by atoms with Gasteiger partial charge in [-0.2, -0.15) is 0 Å². The van der Waals surface area contributed by atoms with Gasteiger partial charge in [-0.05, 0) is 42.8 Å². The second kappa shape index (κ2) is 7.83. The van der Waals surface area contributed by atoms with Crippen molar-refractivity contribution in [2.24, 2.45) is 0 Å². The number of nitrogens with zero attached hydrogens (tertiary/aromatic N) is 1. The Morgan fingerprint density at radius 1 is 1.12 bits per heavy atom. The molecule has 0 unspecified atom stereocenters. The molecule has 1 N–H and O–H groups in total. The van der Waals surface area contributed by atoms with Gasteiger partial charge in [-0.3, -0.25) is 10.1 Å². The second-order valence-electron chi connectivity index (χ2n) is 5.31. The third-order valence-electron chi connectivity index (χ3n) is 3.40. The van der Waals surface area contributed by atoms with Crippen LogP contribution in [0.4, 0.5) is 5.13 Å². The van der Waals surface area contributed by atoms with Crippen molar-refractivity contribution in [2.75, 3.05) is 5.32 Å². The number of hydrogen-bond donors (Lipinski definition) is 1. The number of aromatic nitrogens is 1. The van der Waals surface area contributed by atoms with E-state index in [0.29, 0.717) is 15.2 Å². The van der Waals surface area contributed by atoms with Crippen molar-refractivity contribution in [3.05, 3.63) is 75.1 Å². The highest BCUT2D eigenvalue weighted by Gasteiger charge is 2.11. The lowest BCUT2D eigenvalue weighted by Gasteiger charge is -1.99. The maximum absolute atomic E-state index is 12.1. The van der Waals surface area contributed by atoms with Gasteiger partial charge in [-0.25, -0.2) is 4.98 Å². The van der Waals surface area contributed by atoms with Gasteiger partial charge in [0.25, 0.3) is 0 Å². The topological polar surface area (TPSA) is 42.0 Å². The monoisotopic (exact) mass is 388 g/mol. The summed E-state index contributed by atoms with van der Waals surface area (Å²) in [6, 6.07) is 14.8. The van der Waals surface area contributed by atoms with E-state index in [1.165, 1.54) is 17.4 Å². The quantitative estimate of drug-likeness (QED) is 0.550. The standard InChI is InChI=1S/C19H14Cl2N2OS/c1-12-18(14-5-3-7-16(21)11-14)23-19(25-12)22-17(24)9-8-13-4-2-6-15(20)10-13/h2-11H,1H3,(H,22,23,24)/b9-8+. The van der Waals surface area contributed by atoms with E-state index in [-0.39, 0.29) is 5.91 Å². The zero-order valence-electron chi connectivity index (χ0n) is 13.3. The van der Waals surface area contributed by atoms with Crippen LogP contribution in [0, 0.1) is 6.92 Å². The zero-order chi connectivity index (χ0) is 17.8. The fraction of sp³-hybridized carbons (Fsp3) is 0.0526. The SMILES string of the molecule is Cc1sc(NC(=O)/C=C/c2cccc(Cl)c2)nc1-c1cccc(Cl)c1. The van der Waals surface area contributed by atoms with Gasteiger partial charge >= 0.3 is 0 Å². The maximum atomic E-state index is 12.1. The number of hydrogen-bond acceptors (Lipinski definition) is 3. The van der Waals surface area contributed by atoms with Crippen LogP contribution in [0.5, 0.6) is 0 Å². The van der Waals surface area contributed by atoms with Gasteiger partial charge in [0.05, 0.1) is 5.69 Å². The molecular weight excluding hydrogens is 375 g/mol. The van der Waals surface area contributed by atoms with Gasteiger partial charge in [0.15, 0.2) is 5.13 Å². The van der Waals surface area contributed by atoms with Crippen LogP contribution in [0.1, 0.15) is 10.4 Å². The average molecular weight is 389 g/mol. The van der Waals surface area contributed by atoms with Crippen molar-refractivity contribution in [1.29, 1.82) is 0 Å². The molecule has 0 aliphatic rings. The van der Waals surface area contributed by atoms with Gasteiger partial charge < -0.3 is 0 Å². The van der Waals surface area contributed by atoms with Crippen LogP contribution in [-0.2, 0) is 4.79 Å². The largest absolute Gasteiger partial charge is 0.298 e. The number of benzene rings is 2. The van der Waals surface area contributed by atoms with Crippen molar-refractivity contribution in [1.82, 2.24) is 4.98 Å². The molecule has 25 heavy (non-hydrogen) atoms. The Hall–Kier alpha value is -2.14. The lowest BCUT2D eigenvalue weighted by Crippen LogP contribution is -2.07. The predicted octanol–water partition coefficient (Wildman–Crippen LogP) is 6.08. The Bertz CT molecular complexity index is 950. The van der Waals surface area contributed by atoms with Crippen LogP contribution in [-0.4, -0.2) is 10.9 Å². The summed E-state index contributed by atoms with van der Waals surface area (Å²) in [5.41, 5.74) is 2.61. The molecule has 3 nitrogen and oxygen atoms in total. The van der Waals surface area contributed by atoms with Gasteiger partial charge in [-0.15, -0.1) is 11.3 Å². The van der Waals surface area contributed by atoms with Crippen LogP contribution < -0.4 is 5.32 Å². The summed E-state index contributed by atoms with van der Waals surface area (Å²) in [5, 5.41) is 4.62. The van der Waals surface area contributed by atoms with Gasteiger partial charge in [0.1, 0.15) is 0 Å². The molecular formula is C19H14Cl2N2OS. The van der Waals surface area contributed by atoms with Crippen LogP contribution >= 0.6 is 34.5 Å². The Labute approximate surface area is 159 Å². The minimum Gasteiger partial charge on any atom is -0.298 e. The molecule has 0 radical (unpaired) electrons. The summed E-state index contributed by atoms with van der Waals surface area (Å²) in [6.45, 7) is 1.96. The third-order valence-corrected chi connectivity index (χ3v) is 4.76. The predicted molar refractivity (Wildman–Crippen MR) is 106 cm³/mol. The lowest BCUT2D eigenvalue weighted by molar-refractivity contribution is -0.111. The molecule has 0 atom stereocenters. The molecule has 2 aromatic carbocycles. The minimum atomic E-state index is -0.244. The first-order valence-electron chi connectivity index (χ1n) is 7.49. The molecule has 1 aromatic heterocycles. The Morgan fingerprint density at radius 3 is 2.56 bits per heavy atom. The molecule has 0 saturated carbocycles. The number of halogens is 2. The Kier molecular flexibility index (Phi) is 5.53. The minimum absolute atomic E-state index is 0.244. The summed E-state index contributed by atoms with van der Waals surface area (Å²) in [7, 11) is 0. The van der Waals surface area contributed by atoms with Crippen molar-refractivity contribution in [2.45, 2.75) is 6.92 Å². The van der Waals surface area contributed by atoms with E-state index in [0.717, 1.165) is 21.7 Å². The second-order valence-corrected chi connectivity index (χ2v) is 7.39. The van der Waals surface area contributed by atoms with Gasteiger partial charge in [-0.1, -0.05) is 47.5 Å². The maximum Gasteiger partial charge on any atom is 0.250 e. The van der Waals surface area contributed by atoms with E-state index in [1.807, 2.05) is 43.3 Å². The lowest BCUT2D eigenvalue weighted by atomic mass is 10.1. The van der Waals surface area contributed by atoms with Crippen molar-refractivity contribution in [3.8, 4) is 11.3 Å². The summed E-state index contributed by atoms with van der Waals surface area (Å²) < 4.78 is 0. The summed E-state index contributed by atoms with van der Waals surface area (Å²) in [4.78, 5) is 17.6. The van der Waals surface area contributed by atoms with E-state index in [2.05, 4.69) is 10.3 Å². The van der Waals surface area contributed by atoms with Crippen LogP contribution in [0.2, 0.25) is 10.0 Å². The number of nitrogens with one attached hydrogen (secondary N) is 1. The first-order chi connectivity index (χ1) is 12.0. The highest BCUT2D eigenvalue weighted by atomic mass is 35.5. The molecule has 3 aromatic rings. The first-order valence-corrected chi connectivity index (χ1v) is 9.06. The molecule has 1 amide bonds. The number of aryl methyl sites for hydroxylation is 1. The molecule has 0 fully saturated rings. The molecule has 0 saturated heterocycles. The highest BCUT2D eigenvalue weighted by Crippen LogP contribution is 2.31. The number of rotatable bonds is 4.